The molecule has 0 aliphatic carbocycles. The predicted molar refractivity (Wildman–Crippen MR) is 48.7 cm³/mol. The summed E-state index contributed by atoms with van der Waals surface area (Å²) in [6.45, 7) is 0.502. The highest BCUT2D eigenvalue weighted by molar-refractivity contribution is 5.39. The molecule has 0 unspecified atom stereocenters. The monoisotopic (exact) mass is 213 g/mol. The van der Waals surface area contributed by atoms with Crippen LogP contribution >= 0.6 is 0 Å². The standard InChI is InChI=1S/C9H9F2N3O/c1-6-2-3-7-12-13-8(14(7)4-6)9(10,11)5-15/h2-4,15H,5H2,1H3. The van der Waals surface area contributed by atoms with Crippen LogP contribution in [0, 0.1) is 6.92 Å². The third-order valence-electron chi connectivity index (χ3n) is 2.08. The van der Waals surface area contributed by atoms with Crippen LogP contribution < -0.4 is 0 Å². The van der Waals surface area contributed by atoms with Gasteiger partial charge in [0.15, 0.2) is 5.65 Å². The van der Waals surface area contributed by atoms with Crippen LogP contribution in [0.1, 0.15) is 11.4 Å². The number of aryl methyl sites for hydroxylation is 1. The molecule has 2 aromatic rings. The maximum Gasteiger partial charge on any atom is 0.329 e. The minimum absolute atomic E-state index is 0.337. The molecule has 4 nitrogen and oxygen atoms in total. The molecule has 15 heavy (non-hydrogen) atoms. The average molecular weight is 213 g/mol. The predicted octanol–water partition coefficient (Wildman–Crippen LogP) is 1.12. The highest BCUT2D eigenvalue weighted by Gasteiger charge is 2.36. The quantitative estimate of drug-likeness (QED) is 0.813. The molecule has 2 rings (SSSR count). The minimum Gasteiger partial charge on any atom is -0.390 e. The van der Waals surface area contributed by atoms with Gasteiger partial charge >= 0.3 is 5.92 Å². The lowest BCUT2D eigenvalue weighted by Crippen LogP contribution is -2.22. The Morgan fingerprint density at radius 3 is 2.80 bits per heavy atom. The van der Waals surface area contributed by atoms with E-state index in [-0.39, 0.29) is 0 Å². The van der Waals surface area contributed by atoms with Crippen molar-refractivity contribution in [2.75, 3.05) is 6.61 Å². The number of aliphatic hydroxyl groups excluding tert-OH is 1. The second kappa shape index (κ2) is 3.23. The van der Waals surface area contributed by atoms with Crippen molar-refractivity contribution in [2.45, 2.75) is 12.8 Å². The van der Waals surface area contributed by atoms with Gasteiger partial charge < -0.3 is 5.11 Å². The second-order valence-corrected chi connectivity index (χ2v) is 3.32. The van der Waals surface area contributed by atoms with E-state index in [1.807, 2.05) is 0 Å². The summed E-state index contributed by atoms with van der Waals surface area (Å²) in [4.78, 5) is 0. The highest BCUT2D eigenvalue weighted by atomic mass is 19.3. The number of hydrogen-bond donors (Lipinski definition) is 1. The first-order chi connectivity index (χ1) is 7.04. The van der Waals surface area contributed by atoms with Crippen molar-refractivity contribution in [3.8, 4) is 0 Å². The van der Waals surface area contributed by atoms with Gasteiger partial charge in [-0.15, -0.1) is 10.2 Å². The molecular formula is C9H9F2N3O. The third kappa shape index (κ3) is 1.56. The van der Waals surface area contributed by atoms with Gasteiger partial charge in [0.05, 0.1) is 0 Å². The van der Waals surface area contributed by atoms with Crippen molar-refractivity contribution in [3.63, 3.8) is 0 Å². The van der Waals surface area contributed by atoms with Crippen molar-refractivity contribution >= 4 is 5.65 Å². The van der Waals surface area contributed by atoms with Crippen LogP contribution in [0.3, 0.4) is 0 Å². The van der Waals surface area contributed by atoms with E-state index in [4.69, 9.17) is 5.11 Å². The van der Waals surface area contributed by atoms with Gasteiger partial charge in [0.1, 0.15) is 6.61 Å². The SMILES string of the molecule is Cc1ccc2nnc(C(F)(F)CO)n2c1. The Bertz CT molecular complexity index is 495. The van der Waals surface area contributed by atoms with Gasteiger partial charge in [-0.25, -0.2) is 0 Å². The summed E-state index contributed by atoms with van der Waals surface area (Å²) < 4.78 is 27.6. The van der Waals surface area contributed by atoms with Crippen molar-refractivity contribution in [3.05, 3.63) is 29.7 Å². The molecule has 0 aromatic carbocycles. The van der Waals surface area contributed by atoms with E-state index in [0.717, 1.165) is 5.56 Å². The summed E-state index contributed by atoms with van der Waals surface area (Å²) >= 11 is 0. The molecule has 0 saturated carbocycles. The molecule has 0 saturated heterocycles. The Morgan fingerprint density at radius 2 is 2.13 bits per heavy atom. The minimum atomic E-state index is -3.37. The lowest BCUT2D eigenvalue weighted by molar-refractivity contribution is -0.0638. The summed E-state index contributed by atoms with van der Waals surface area (Å²) in [6.07, 6.45) is 1.51. The number of aliphatic hydroxyl groups is 1. The summed E-state index contributed by atoms with van der Waals surface area (Å²) in [5.74, 6) is -3.91. The van der Waals surface area contributed by atoms with E-state index in [9.17, 15) is 8.78 Å². The molecule has 0 bridgehead atoms. The molecule has 6 heteroatoms. The number of halogens is 2. The van der Waals surface area contributed by atoms with Crippen LogP contribution in [-0.4, -0.2) is 26.3 Å². The van der Waals surface area contributed by atoms with E-state index in [2.05, 4.69) is 10.2 Å². The number of rotatable bonds is 2. The number of hydrogen-bond acceptors (Lipinski definition) is 3. The highest BCUT2D eigenvalue weighted by Crippen LogP contribution is 2.25. The Labute approximate surface area is 84.2 Å². The Kier molecular flexibility index (Phi) is 2.15. The van der Waals surface area contributed by atoms with E-state index < -0.39 is 18.4 Å². The molecule has 1 N–H and O–H groups in total. The summed E-state index contributed by atoms with van der Waals surface area (Å²) in [6, 6.07) is 3.35. The first-order valence-corrected chi connectivity index (χ1v) is 4.35. The van der Waals surface area contributed by atoms with Gasteiger partial charge in [-0.1, -0.05) is 6.07 Å². The first-order valence-electron chi connectivity index (χ1n) is 4.35. The van der Waals surface area contributed by atoms with E-state index in [1.54, 1.807) is 19.1 Å². The van der Waals surface area contributed by atoms with Crippen LogP contribution in [0.15, 0.2) is 18.3 Å². The zero-order valence-electron chi connectivity index (χ0n) is 7.98. The molecular weight excluding hydrogens is 204 g/mol. The molecule has 80 valence electrons. The van der Waals surface area contributed by atoms with Crippen LogP contribution in [-0.2, 0) is 5.92 Å². The second-order valence-electron chi connectivity index (χ2n) is 3.32. The van der Waals surface area contributed by atoms with Gasteiger partial charge in [0.25, 0.3) is 0 Å². The van der Waals surface area contributed by atoms with Crippen LogP contribution in [0.5, 0.6) is 0 Å². The molecule has 2 aromatic heterocycles. The normalized spacial score (nSPS) is 12.3. The molecule has 0 spiro atoms. The molecule has 2 heterocycles. The lowest BCUT2D eigenvalue weighted by atomic mass is 10.3. The van der Waals surface area contributed by atoms with Crippen molar-refractivity contribution in [1.82, 2.24) is 14.6 Å². The molecule has 0 amide bonds. The smallest absolute Gasteiger partial charge is 0.329 e. The molecule has 0 fully saturated rings. The van der Waals surface area contributed by atoms with Crippen LogP contribution in [0.2, 0.25) is 0 Å². The molecule has 0 atom stereocenters. The van der Waals surface area contributed by atoms with E-state index in [0.29, 0.717) is 5.65 Å². The number of nitrogens with zero attached hydrogens (tertiary/aromatic N) is 3. The summed E-state index contributed by atoms with van der Waals surface area (Å²) in [7, 11) is 0. The Hall–Kier alpha value is -1.56. The van der Waals surface area contributed by atoms with Crippen molar-refractivity contribution < 1.29 is 13.9 Å². The molecule has 0 aliphatic heterocycles. The number of alkyl halides is 2. The van der Waals surface area contributed by atoms with E-state index in [1.165, 1.54) is 10.6 Å². The largest absolute Gasteiger partial charge is 0.390 e. The lowest BCUT2D eigenvalue weighted by Gasteiger charge is -2.10. The van der Waals surface area contributed by atoms with Gasteiger partial charge in [0.2, 0.25) is 5.82 Å². The average Bonchev–Trinajstić information content (AvgIpc) is 2.61. The maximum atomic E-state index is 13.2. The number of fused-ring (bicyclic) bond motifs is 1. The van der Waals surface area contributed by atoms with Crippen molar-refractivity contribution in [2.24, 2.45) is 0 Å². The van der Waals surface area contributed by atoms with Crippen LogP contribution in [0.25, 0.3) is 5.65 Å². The number of aromatic nitrogens is 3. The molecule has 0 radical (unpaired) electrons. The fraction of sp³-hybridized carbons (Fsp3) is 0.333. The Morgan fingerprint density at radius 1 is 1.40 bits per heavy atom. The molecule has 0 aliphatic rings. The van der Waals surface area contributed by atoms with Crippen molar-refractivity contribution in [1.29, 1.82) is 0 Å². The maximum absolute atomic E-state index is 13.2. The van der Waals surface area contributed by atoms with E-state index >= 15 is 0 Å². The first kappa shape index (κ1) is 9.97. The third-order valence-corrected chi connectivity index (χ3v) is 2.08. The zero-order chi connectivity index (χ0) is 11.1. The topological polar surface area (TPSA) is 50.4 Å². The Balaban J connectivity index is 2.67. The zero-order valence-corrected chi connectivity index (χ0v) is 7.98. The summed E-state index contributed by atoms with van der Waals surface area (Å²) in [5.41, 5.74) is 1.15. The van der Waals surface area contributed by atoms with Gasteiger partial charge in [0, 0.05) is 6.20 Å². The fourth-order valence-electron chi connectivity index (χ4n) is 1.32. The van der Waals surface area contributed by atoms with Gasteiger partial charge in [-0.2, -0.15) is 8.78 Å². The van der Waals surface area contributed by atoms with Crippen LogP contribution in [0.4, 0.5) is 8.78 Å². The van der Waals surface area contributed by atoms with Gasteiger partial charge in [-0.3, -0.25) is 4.40 Å². The fourth-order valence-corrected chi connectivity index (χ4v) is 1.32. The summed E-state index contributed by atoms with van der Waals surface area (Å²) in [5, 5.41) is 15.5. The van der Waals surface area contributed by atoms with Gasteiger partial charge in [-0.05, 0) is 18.6 Å². The number of pyridine rings is 1.